The van der Waals surface area contributed by atoms with Gasteiger partial charge >= 0.3 is 5.97 Å². The van der Waals surface area contributed by atoms with Gasteiger partial charge in [0.25, 0.3) is 0 Å². The third-order valence-electron chi connectivity index (χ3n) is 4.44. The van der Waals surface area contributed by atoms with Crippen molar-refractivity contribution in [1.29, 1.82) is 0 Å². The van der Waals surface area contributed by atoms with Crippen LogP contribution in [0.3, 0.4) is 0 Å². The van der Waals surface area contributed by atoms with Crippen LogP contribution >= 0.6 is 0 Å². The normalized spacial score (nSPS) is 24.7. The molecule has 0 spiro atoms. The van der Waals surface area contributed by atoms with Gasteiger partial charge in [-0.3, -0.25) is 4.79 Å². The van der Waals surface area contributed by atoms with Crippen LogP contribution < -0.4 is 5.32 Å². The summed E-state index contributed by atoms with van der Waals surface area (Å²) in [7, 11) is 0. The van der Waals surface area contributed by atoms with E-state index in [4.69, 9.17) is 4.74 Å². The van der Waals surface area contributed by atoms with Gasteiger partial charge in [-0.25, -0.2) is 0 Å². The van der Waals surface area contributed by atoms with E-state index in [2.05, 4.69) is 5.32 Å². The van der Waals surface area contributed by atoms with E-state index in [9.17, 15) is 4.79 Å². The molecule has 1 N–H and O–H groups in total. The molecule has 0 heterocycles. The van der Waals surface area contributed by atoms with Gasteiger partial charge in [-0.2, -0.15) is 0 Å². The summed E-state index contributed by atoms with van der Waals surface area (Å²) < 4.78 is 5.67. The molecule has 0 amide bonds. The van der Waals surface area contributed by atoms with E-state index < -0.39 is 0 Å². The number of esters is 1. The molecule has 0 atom stereocenters. The highest BCUT2D eigenvalue weighted by molar-refractivity contribution is 5.66. The minimum absolute atomic E-state index is 0.123. The quantitative estimate of drug-likeness (QED) is 0.782. The zero-order chi connectivity index (χ0) is 12.8. The summed E-state index contributed by atoms with van der Waals surface area (Å²) in [6.45, 7) is 2.40. The minimum atomic E-state index is -0.207. The number of hydrogen-bond donors (Lipinski definition) is 1. The Kier molecular flexibility index (Phi) is 5.04. The lowest BCUT2D eigenvalue weighted by Crippen LogP contribution is -2.48. The van der Waals surface area contributed by atoms with E-state index >= 15 is 0 Å². The van der Waals surface area contributed by atoms with E-state index in [1.807, 2.05) is 0 Å². The summed E-state index contributed by atoms with van der Waals surface area (Å²) in [6.07, 6.45) is 12.4. The maximum absolute atomic E-state index is 11.3. The number of hydrogen-bond acceptors (Lipinski definition) is 3. The second-order valence-electron chi connectivity index (χ2n) is 6.05. The standard InChI is InChI=1S/C15H27NO2/c1-13(17)18-15(10-6-3-7-11-15)12-16-14-8-4-2-5-9-14/h14,16H,2-12H2,1H3. The molecule has 2 aliphatic carbocycles. The highest BCUT2D eigenvalue weighted by Crippen LogP contribution is 2.32. The van der Waals surface area contributed by atoms with Crippen molar-refractivity contribution in [2.24, 2.45) is 0 Å². The smallest absolute Gasteiger partial charge is 0.303 e. The van der Waals surface area contributed by atoms with Gasteiger partial charge in [0.05, 0.1) is 0 Å². The van der Waals surface area contributed by atoms with E-state index in [1.165, 1.54) is 58.3 Å². The number of ether oxygens (including phenoxy) is 1. The van der Waals surface area contributed by atoms with Gasteiger partial charge in [-0.05, 0) is 38.5 Å². The molecular weight excluding hydrogens is 226 g/mol. The van der Waals surface area contributed by atoms with Crippen molar-refractivity contribution in [2.45, 2.75) is 82.8 Å². The number of nitrogens with one attached hydrogen (secondary N) is 1. The Bertz CT molecular complexity index is 266. The molecule has 0 bridgehead atoms. The molecule has 2 saturated carbocycles. The zero-order valence-electron chi connectivity index (χ0n) is 11.7. The van der Waals surface area contributed by atoms with Crippen LogP contribution in [-0.4, -0.2) is 24.2 Å². The molecule has 0 unspecified atom stereocenters. The first-order valence-corrected chi connectivity index (χ1v) is 7.63. The highest BCUT2D eigenvalue weighted by Gasteiger charge is 2.35. The van der Waals surface area contributed by atoms with Gasteiger partial charge in [0.1, 0.15) is 5.60 Å². The van der Waals surface area contributed by atoms with Crippen LogP contribution in [0, 0.1) is 0 Å². The van der Waals surface area contributed by atoms with Crippen molar-refractivity contribution < 1.29 is 9.53 Å². The van der Waals surface area contributed by atoms with Crippen molar-refractivity contribution in [3.63, 3.8) is 0 Å². The molecule has 0 aromatic rings. The third kappa shape index (κ3) is 3.98. The second-order valence-corrected chi connectivity index (χ2v) is 6.05. The Morgan fingerprint density at radius 1 is 1.11 bits per heavy atom. The fourth-order valence-corrected chi connectivity index (χ4v) is 3.45. The van der Waals surface area contributed by atoms with Crippen LogP contribution in [0.2, 0.25) is 0 Å². The van der Waals surface area contributed by atoms with Crippen LogP contribution in [0.15, 0.2) is 0 Å². The van der Waals surface area contributed by atoms with Crippen LogP contribution in [-0.2, 0) is 9.53 Å². The van der Waals surface area contributed by atoms with Crippen LogP contribution in [0.4, 0.5) is 0 Å². The van der Waals surface area contributed by atoms with Gasteiger partial charge in [0.2, 0.25) is 0 Å². The zero-order valence-corrected chi connectivity index (χ0v) is 11.7. The SMILES string of the molecule is CC(=O)OC1(CNC2CCCCC2)CCCCC1. The Morgan fingerprint density at radius 2 is 1.72 bits per heavy atom. The molecule has 0 radical (unpaired) electrons. The van der Waals surface area contributed by atoms with Gasteiger partial charge in [-0.15, -0.1) is 0 Å². The van der Waals surface area contributed by atoms with E-state index in [-0.39, 0.29) is 11.6 Å². The Balaban J connectivity index is 1.85. The molecule has 2 aliphatic rings. The van der Waals surface area contributed by atoms with Crippen LogP contribution in [0.1, 0.15) is 71.1 Å². The maximum atomic E-state index is 11.3. The second kappa shape index (κ2) is 6.55. The van der Waals surface area contributed by atoms with Crippen LogP contribution in [0.25, 0.3) is 0 Å². The van der Waals surface area contributed by atoms with Crippen LogP contribution in [0.5, 0.6) is 0 Å². The van der Waals surface area contributed by atoms with Crippen molar-refractivity contribution in [3.8, 4) is 0 Å². The predicted octanol–water partition coefficient (Wildman–Crippen LogP) is 3.17. The summed E-state index contributed by atoms with van der Waals surface area (Å²) in [5.41, 5.74) is -0.207. The average molecular weight is 253 g/mol. The van der Waals surface area contributed by atoms with E-state index in [0.717, 1.165) is 19.4 Å². The van der Waals surface area contributed by atoms with Gasteiger partial charge in [0.15, 0.2) is 0 Å². The fourth-order valence-electron chi connectivity index (χ4n) is 3.45. The first-order chi connectivity index (χ1) is 8.70. The maximum Gasteiger partial charge on any atom is 0.303 e. The molecule has 2 fully saturated rings. The predicted molar refractivity (Wildman–Crippen MR) is 72.5 cm³/mol. The van der Waals surface area contributed by atoms with Gasteiger partial charge < -0.3 is 10.1 Å². The molecule has 0 aromatic carbocycles. The average Bonchev–Trinajstić information content (AvgIpc) is 2.38. The molecule has 3 nitrogen and oxygen atoms in total. The van der Waals surface area contributed by atoms with Crippen molar-refractivity contribution in [2.75, 3.05) is 6.54 Å². The van der Waals surface area contributed by atoms with E-state index in [1.54, 1.807) is 0 Å². The summed E-state index contributed by atoms with van der Waals surface area (Å²) >= 11 is 0. The number of carbonyl (C=O) groups is 1. The van der Waals surface area contributed by atoms with Crippen molar-refractivity contribution in [1.82, 2.24) is 5.32 Å². The molecule has 104 valence electrons. The summed E-state index contributed by atoms with van der Waals surface area (Å²) in [4.78, 5) is 11.3. The lowest BCUT2D eigenvalue weighted by Gasteiger charge is -2.38. The molecule has 0 saturated heterocycles. The first kappa shape index (κ1) is 13.9. The lowest BCUT2D eigenvalue weighted by molar-refractivity contribution is -0.160. The first-order valence-electron chi connectivity index (χ1n) is 7.63. The summed E-state index contributed by atoms with van der Waals surface area (Å²) in [6, 6.07) is 0.646. The monoisotopic (exact) mass is 253 g/mol. The Morgan fingerprint density at radius 3 is 2.33 bits per heavy atom. The molecular formula is C15H27NO2. The minimum Gasteiger partial charge on any atom is -0.458 e. The van der Waals surface area contributed by atoms with Crippen molar-refractivity contribution >= 4 is 5.97 Å². The molecule has 0 aliphatic heterocycles. The highest BCUT2D eigenvalue weighted by atomic mass is 16.6. The molecule has 18 heavy (non-hydrogen) atoms. The molecule has 0 aromatic heterocycles. The largest absolute Gasteiger partial charge is 0.458 e. The lowest BCUT2D eigenvalue weighted by atomic mass is 9.84. The number of rotatable bonds is 4. The van der Waals surface area contributed by atoms with Gasteiger partial charge in [-0.1, -0.05) is 25.7 Å². The number of carbonyl (C=O) groups excluding carboxylic acids is 1. The fraction of sp³-hybridized carbons (Fsp3) is 0.933. The topological polar surface area (TPSA) is 38.3 Å². The van der Waals surface area contributed by atoms with Crippen molar-refractivity contribution in [3.05, 3.63) is 0 Å². The Hall–Kier alpha value is -0.570. The molecule has 3 heteroatoms. The summed E-state index contributed by atoms with van der Waals surface area (Å²) in [5.74, 6) is -0.123. The van der Waals surface area contributed by atoms with E-state index in [0.29, 0.717) is 6.04 Å². The van der Waals surface area contributed by atoms with Gasteiger partial charge in [0, 0.05) is 19.5 Å². The Labute approximate surface area is 111 Å². The summed E-state index contributed by atoms with van der Waals surface area (Å²) in [5, 5.41) is 3.66. The molecule has 2 rings (SSSR count). The third-order valence-corrected chi connectivity index (χ3v) is 4.44.